The highest BCUT2D eigenvalue weighted by Gasteiger charge is 2.52. The van der Waals surface area contributed by atoms with Crippen molar-refractivity contribution in [3.05, 3.63) is 0 Å². The number of nitrogens with one attached hydrogen (secondary N) is 1. The maximum atomic E-state index is 5.37. The van der Waals surface area contributed by atoms with E-state index in [4.69, 9.17) is 6.42 Å². The summed E-state index contributed by atoms with van der Waals surface area (Å²) in [6, 6.07) is 0. The van der Waals surface area contributed by atoms with Gasteiger partial charge >= 0.3 is 0 Å². The summed E-state index contributed by atoms with van der Waals surface area (Å²) in [5.41, 5.74) is 0.597. The summed E-state index contributed by atoms with van der Waals surface area (Å²) in [6.07, 6.45) is 9.28. The van der Waals surface area contributed by atoms with Crippen LogP contribution in [0, 0.1) is 23.7 Å². The van der Waals surface area contributed by atoms with Crippen LogP contribution in [0.3, 0.4) is 0 Å². The Morgan fingerprint density at radius 1 is 1.40 bits per heavy atom. The molecule has 0 bridgehead atoms. The monoisotopic (exact) mass is 135 g/mol. The average molecular weight is 135 g/mol. The van der Waals surface area contributed by atoms with Gasteiger partial charge in [-0.1, -0.05) is 0 Å². The van der Waals surface area contributed by atoms with Crippen molar-refractivity contribution in [3.63, 3.8) is 0 Å². The van der Waals surface area contributed by atoms with Crippen molar-refractivity contribution < 1.29 is 0 Å². The molecule has 0 radical (unpaired) electrons. The number of piperidine rings is 1. The maximum absolute atomic E-state index is 5.37. The molecule has 1 nitrogen and oxygen atoms in total. The molecule has 0 aromatic rings. The van der Waals surface area contributed by atoms with Gasteiger partial charge in [-0.25, -0.2) is 0 Å². The van der Waals surface area contributed by atoms with Gasteiger partial charge in [0.15, 0.2) is 0 Å². The third kappa shape index (κ3) is 0.759. The van der Waals surface area contributed by atoms with Gasteiger partial charge < -0.3 is 5.32 Å². The number of terminal acetylenes is 1. The van der Waals surface area contributed by atoms with Crippen LogP contribution < -0.4 is 5.32 Å². The molecule has 1 N–H and O–H groups in total. The van der Waals surface area contributed by atoms with Gasteiger partial charge in [0.25, 0.3) is 0 Å². The molecule has 2 rings (SSSR count). The molecule has 1 atom stereocenters. The second kappa shape index (κ2) is 2.00. The first-order chi connectivity index (χ1) is 4.87. The second-order valence-corrected chi connectivity index (χ2v) is 3.54. The highest BCUT2D eigenvalue weighted by Crippen LogP contribution is 2.57. The third-order valence-electron chi connectivity index (χ3n) is 2.99. The first-order valence-corrected chi connectivity index (χ1v) is 4.04. The molecule has 10 heavy (non-hydrogen) atoms. The van der Waals surface area contributed by atoms with E-state index in [1.807, 2.05) is 0 Å². The van der Waals surface area contributed by atoms with Gasteiger partial charge in [0, 0.05) is 5.92 Å². The molecular weight excluding hydrogens is 122 g/mol. The lowest BCUT2D eigenvalue weighted by Crippen LogP contribution is -2.29. The van der Waals surface area contributed by atoms with Gasteiger partial charge in [0.1, 0.15) is 0 Å². The predicted octanol–water partition coefficient (Wildman–Crippen LogP) is 1.01. The minimum atomic E-state index is 0.597. The Morgan fingerprint density at radius 3 is 2.60 bits per heavy atom. The molecule has 1 unspecified atom stereocenters. The summed E-state index contributed by atoms with van der Waals surface area (Å²) in [5, 5.41) is 3.36. The smallest absolute Gasteiger partial charge is 0.0263 e. The first-order valence-electron chi connectivity index (χ1n) is 4.04. The Bertz CT molecular complexity index is 172. The van der Waals surface area contributed by atoms with Gasteiger partial charge in [0.05, 0.1) is 0 Å². The summed E-state index contributed by atoms with van der Waals surface area (Å²) in [6.45, 7) is 2.36. The number of hydrogen-bond acceptors (Lipinski definition) is 1. The van der Waals surface area contributed by atoms with Crippen LogP contribution in [0.25, 0.3) is 0 Å². The van der Waals surface area contributed by atoms with Crippen LogP contribution in [-0.4, -0.2) is 13.1 Å². The molecule has 1 heterocycles. The fourth-order valence-corrected chi connectivity index (χ4v) is 2.06. The van der Waals surface area contributed by atoms with E-state index in [1.54, 1.807) is 0 Å². The lowest BCUT2D eigenvalue weighted by molar-refractivity contribution is 0.339. The van der Waals surface area contributed by atoms with Crippen molar-refractivity contribution in [2.45, 2.75) is 19.3 Å². The Labute approximate surface area is 62.2 Å². The van der Waals surface area contributed by atoms with Crippen LogP contribution in [0.1, 0.15) is 19.3 Å². The Hall–Kier alpha value is -0.480. The van der Waals surface area contributed by atoms with Crippen LogP contribution in [-0.2, 0) is 0 Å². The van der Waals surface area contributed by atoms with Crippen molar-refractivity contribution in [1.29, 1.82) is 0 Å². The lowest BCUT2D eigenvalue weighted by atomic mass is 9.92. The van der Waals surface area contributed by atoms with Crippen molar-refractivity contribution >= 4 is 0 Å². The highest BCUT2D eigenvalue weighted by atomic mass is 14.9. The minimum absolute atomic E-state index is 0.597. The summed E-state index contributed by atoms with van der Waals surface area (Å²) in [5.74, 6) is 3.49. The summed E-state index contributed by atoms with van der Waals surface area (Å²) >= 11 is 0. The Balaban J connectivity index is 1.99. The molecule has 1 aliphatic carbocycles. The van der Waals surface area contributed by atoms with Crippen LogP contribution in [0.15, 0.2) is 0 Å². The van der Waals surface area contributed by atoms with Gasteiger partial charge in [0.2, 0.25) is 0 Å². The van der Waals surface area contributed by atoms with Crippen LogP contribution in [0.2, 0.25) is 0 Å². The van der Waals surface area contributed by atoms with Crippen LogP contribution in [0.4, 0.5) is 0 Å². The van der Waals surface area contributed by atoms with E-state index in [1.165, 1.54) is 32.4 Å². The number of hydrogen-bond donors (Lipinski definition) is 1. The predicted molar refractivity (Wildman–Crippen MR) is 41.5 cm³/mol. The molecule has 54 valence electrons. The summed E-state index contributed by atoms with van der Waals surface area (Å²) in [4.78, 5) is 0. The second-order valence-electron chi connectivity index (χ2n) is 3.54. The molecule has 0 aromatic carbocycles. The molecule has 1 saturated carbocycles. The summed E-state index contributed by atoms with van der Waals surface area (Å²) in [7, 11) is 0. The van der Waals surface area contributed by atoms with E-state index >= 15 is 0 Å². The van der Waals surface area contributed by atoms with E-state index < -0.39 is 0 Å². The zero-order chi connectivity index (χ0) is 7.03. The van der Waals surface area contributed by atoms with E-state index in [0.29, 0.717) is 11.3 Å². The zero-order valence-electron chi connectivity index (χ0n) is 6.19. The lowest BCUT2D eigenvalue weighted by Gasteiger charge is -2.22. The standard InChI is InChI=1S/C9H13N/c1-2-8-7-9(8)3-5-10-6-4-9/h1,8,10H,3-7H2. The normalized spacial score (nSPS) is 35.3. The minimum Gasteiger partial charge on any atom is -0.317 e. The molecule has 1 spiro atoms. The largest absolute Gasteiger partial charge is 0.317 e. The van der Waals surface area contributed by atoms with Crippen molar-refractivity contribution in [2.24, 2.45) is 11.3 Å². The quantitative estimate of drug-likeness (QED) is 0.489. The highest BCUT2D eigenvalue weighted by molar-refractivity contribution is 5.17. The zero-order valence-corrected chi connectivity index (χ0v) is 6.19. The molecule has 2 aliphatic rings. The van der Waals surface area contributed by atoms with Crippen LogP contribution in [0.5, 0.6) is 0 Å². The van der Waals surface area contributed by atoms with E-state index in [2.05, 4.69) is 11.2 Å². The van der Waals surface area contributed by atoms with Gasteiger partial charge in [-0.05, 0) is 37.8 Å². The molecular formula is C9H13N. The van der Waals surface area contributed by atoms with E-state index in [-0.39, 0.29) is 0 Å². The Kier molecular flexibility index (Phi) is 1.25. The number of rotatable bonds is 0. The van der Waals surface area contributed by atoms with Crippen molar-refractivity contribution in [1.82, 2.24) is 5.32 Å². The van der Waals surface area contributed by atoms with E-state index in [9.17, 15) is 0 Å². The molecule has 1 heteroatoms. The topological polar surface area (TPSA) is 12.0 Å². The molecule has 1 aliphatic heterocycles. The van der Waals surface area contributed by atoms with Crippen molar-refractivity contribution in [2.75, 3.05) is 13.1 Å². The SMILES string of the molecule is C#CC1CC12CCNCC2. The molecule has 2 fully saturated rings. The fourth-order valence-electron chi connectivity index (χ4n) is 2.06. The maximum Gasteiger partial charge on any atom is 0.0263 e. The van der Waals surface area contributed by atoms with Gasteiger partial charge in [-0.2, -0.15) is 0 Å². The molecule has 1 saturated heterocycles. The summed E-state index contributed by atoms with van der Waals surface area (Å²) < 4.78 is 0. The molecule has 0 aromatic heterocycles. The Morgan fingerprint density at radius 2 is 2.10 bits per heavy atom. The van der Waals surface area contributed by atoms with Crippen LogP contribution >= 0.6 is 0 Å². The van der Waals surface area contributed by atoms with Gasteiger partial charge in [-0.15, -0.1) is 12.3 Å². The van der Waals surface area contributed by atoms with E-state index in [0.717, 1.165) is 0 Å². The van der Waals surface area contributed by atoms with Gasteiger partial charge in [-0.3, -0.25) is 0 Å². The average Bonchev–Trinajstić information content (AvgIpc) is 2.65. The first kappa shape index (κ1) is 6.24. The molecule has 0 amide bonds. The van der Waals surface area contributed by atoms with Crippen molar-refractivity contribution in [3.8, 4) is 12.3 Å². The third-order valence-corrected chi connectivity index (χ3v) is 2.99. The fraction of sp³-hybridized carbons (Fsp3) is 0.778.